The molecular weight excluding hydrogens is 384 g/mol. The van der Waals surface area contributed by atoms with Crippen LogP contribution < -0.4 is 10.9 Å². The van der Waals surface area contributed by atoms with E-state index in [1.807, 2.05) is 55.5 Å². The van der Waals surface area contributed by atoms with E-state index in [1.54, 1.807) is 16.7 Å². The van der Waals surface area contributed by atoms with E-state index in [-0.39, 0.29) is 17.2 Å². The molecule has 0 aliphatic carbocycles. The number of amides is 1. The van der Waals surface area contributed by atoms with Crippen LogP contribution in [0.2, 0.25) is 0 Å². The third kappa shape index (κ3) is 3.39. The maximum atomic E-state index is 13.4. The van der Waals surface area contributed by atoms with Gasteiger partial charge in [-0.1, -0.05) is 53.8 Å². The number of carbonyl (C=O) groups is 2. The first kappa shape index (κ1) is 18.8. The van der Waals surface area contributed by atoms with Crippen molar-refractivity contribution in [2.75, 3.05) is 5.32 Å². The number of fused-ring (bicyclic) bond motifs is 1. The van der Waals surface area contributed by atoms with E-state index in [4.69, 9.17) is 0 Å². The van der Waals surface area contributed by atoms with E-state index < -0.39 is 0 Å². The molecule has 4 aromatic rings. The van der Waals surface area contributed by atoms with Crippen LogP contribution in [-0.4, -0.2) is 16.3 Å². The molecule has 5 nitrogen and oxygen atoms in total. The molecule has 0 saturated carbocycles. The molecule has 0 spiro atoms. The lowest BCUT2D eigenvalue weighted by Gasteiger charge is -2.08. The van der Waals surface area contributed by atoms with Crippen molar-refractivity contribution in [3.05, 3.63) is 93.8 Å². The maximum absolute atomic E-state index is 13.4. The monoisotopic (exact) mass is 402 g/mol. The average Bonchev–Trinajstić information content (AvgIpc) is 3.05. The highest BCUT2D eigenvalue weighted by Crippen LogP contribution is 2.37. The molecule has 0 fully saturated rings. The summed E-state index contributed by atoms with van der Waals surface area (Å²) in [6.07, 6.45) is 0. The second-order valence-electron chi connectivity index (χ2n) is 6.69. The summed E-state index contributed by atoms with van der Waals surface area (Å²) >= 11 is 1.23. The first-order valence-corrected chi connectivity index (χ1v) is 9.91. The van der Waals surface area contributed by atoms with Gasteiger partial charge in [-0.25, -0.2) is 0 Å². The number of carbonyl (C=O) groups excluding carboxylic acids is 2. The van der Waals surface area contributed by atoms with E-state index in [2.05, 4.69) is 5.32 Å². The summed E-state index contributed by atoms with van der Waals surface area (Å²) in [7, 11) is 0. The van der Waals surface area contributed by atoms with E-state index >= 15 is 0 Å². The standard InChI is InChI=1S/C23H18N2O3S/c1-14-8-6-7-11-17(14)21(28)20-18-12-13-19(27)25(16-9-4-3-5-10-16)23(18)29-22(20)24-15(2)26/h3-13H,1-2H3,(H,24,26). The first-order chi connectivity index (χ1) is 14.0. The second kappa shape index (κ2) is 7.48. The Balaban J connectivity index is 2.03. The summed E-state index contributed by atoms with van der Waals surface area (Å²) < 4.78 is 1.57. The van der Waals surface area contributed by atoms with Gasteiger partial charge in [-0.3, -0.25) is 19.0 Å². The van der Waals surface area contributed by atoms with Gasteiger partial charge in [-0.05, 0) is 30.7 Å². The molecule has 2 heterocycles. The van der Waals surface area contributed by atoms with Gasteiger partial charge >= 0.3 is 0 Å². The lowest BCUT2D eigenvalue weighted by atomic mass is 9.98. The van der Waals surface area contributed by atoms with Crippen molar-refractivity contribution >= 4 is 38.2 Å². The number of ketones is 1. The molecule has 29 heavy (non-hydrogen) atoms. The van der Waals surface area contributed by atoms with Crippen LogP contribution in [0.5, 0.6) is 0 Å². The fraction of sp³-hybridized carbons (Fsp3) is 0.0870. The fourth-order valence-corrected chi connectivity index (χ4v) is 4.60. The normalized spacial score (nSPS) is 10.8. The van der Waals surface area contributed by atoms with E-state index in [9.17, 15) is 14.4 Å². The molecule has 0 aliphatic rings. The van der Waals surface area contributed by atoms with E-state index in [0.717, 1.165) is 5.56 Å². The highest BCUT2D eigenvalue weighted by atomic mass is 32.1. The van der Waals surface area contributed by atoms with Crippen LogP contribution in [0, 0.1) is 6.92 Å². The summed E-state index contributed by atoms with van der Waals surface area (Å²) in [6.45, 7) is 3.27. The number of nitrogens with one attached hydrogen (secondary N) is 1. The highest BCUT2D eigenvalue weighted by Gasteiger charge is 2.24. The summed E-state index contributed by atoms with van der Waals surface area (Å²) in [4.78, 5) is 38.5. The molecule has 0 saturated heterocycles. The molecule has 4 rings (SSSR count). The molecule has 0 aliphatic heterocycles. The van der Waals surface area contributed by atoms with Crippen LogP contribution in [0.4, 0.5) is 5.00 Å². The summed E-state index contributed by atoms with van der Waals surface area (Å²) in [6, 6.07) is 19.7. The third-order valence-electron chi connectivity index (χ3n) is 4.66. The SMILES string of the molecule is CC(=O)Nc1sc2c(ccc(=O)n2-c2ccccc2)c1C(=O)c1ccccc1C. The predicted molar refractivity (Wildman–Crippen MR) is 116 cm³/mol. The Morgan fingerprint density at radius 2 is 1.62 bits per heavy atom. The zero-order chi connectivity index (χ0) is 20.5. The number of anilines is 1. The zero-order valence-corrected chi connectivity index (χ0v) is 16.7. The van der Waals surface area contributed by atoms with Gasteiger partial charge in [0.15, 0.2) is 5.78 Å². The fourth-order valence-electron chi connectivity index (χ4n) is 3.34. The molecule has 1 amide bonds. The molecular formula is C23H18N2O3S. The Bertz CT molecular complexity index is 1300. The van der Waals surface area contributed by atoms with Gasteiger partial charge < -0.3 is 5.32 Å². The van der Waals surface area contributed by atoms with Gasteiger partial charge in [0.25, 0.3) is 5.56 Å². The molecule has 0 unspecified atom stereocenters. The van der Waals surface area contributed by atoms with Crippen LogP contribution in [0.1, 0.15) is 28.4 Å². The molecule has 6 heteroatoms. The average molecular weight is 402 g/mol. The summed E-state index contributed by atoms with van der Waals surface area (Å²) in [5.41, 5.74) is 2.32. The molecule has 0 atom stereocenters. The Morgan fingerprint density at radius 1 is 0.931 bits per heavy atom. The number of para-hydroxylation sites is 1. The van der Waals surface area contributed by atoms with Crippen LogP contribution in [0.3, 0.4) is 0 Å². The number of hydrogen-bond acceptors (Lipinski definition) is 4. The topological polar surface area (TPSA) is 68.2 Å². The van der Waals surface area contributed by atoms with Gasteiger partial charge in [-0.2, -0.15) is 0 Å². The Hall–Kier alpha value is -3.51. The Morgan fingerprint density at radius 3 is 2.31 bits per heavy atom. The van der Waals surface area contributed by atoms with Crippen molar-refractivity contribution in [1.29, 1.82) is 0 Å². The highest BCUT2D eigenvalue weighted by molar-refractivity contribution is 7.23. The largest absolute Gasteiger partial charge is 0.317 e. The van der Waals surface area contributed by atoms with Crippen molar-refractivity contribution in [2.24, 2.45) is 0 Å². The van der Waals surface area contributed by atoms with Crippen molar-refractivity contribution in [3.63, 3.8) is 0 Å². The molecule has 1 N–H and O–H groups in total. The quantitative estimate of drug-likeness (QED) is 0.509. The van der Waals surface area contributed by atoms with Gasteiger partial charge in [0.05, 0.1) is 11.3 Å². The van der Waals surface area contributed by atoms with Crippen LogP contribution >= 0.6 is 11.3 Å². The van der Waals surface area contributed by atoms with Crippen molar-refractivity contribution < 1.29 is 9.59 Å². The number of thiophene rings is 1. The third-order valence-corrected chi connectivity index (χ3v) is 5.77. The van der Waals surface area contributed by atoms with E-state index in [1.165, 1.54) is 24.3 Å². The number of pyridine rings is 1. The molecule has 2 aromatic heterocycles. The van der Waals surface area contributed by atoms with Gasteiger partial charge in [0.1, 0.15) is 9.83 Å². The number of hydrogen-bond donors (Lipinski definition) is 1. The van der Waals surface area contributed by atoms with Crippen molar-refractivity contribution in [1.82, 2.24) is 4.57 Å². The van der Waals surface area contributed by atoms with Crippen LogP contribution in [0.15, 0.2) is 71.5 Å². The molecule has 0 bridgehead atoms. The van der Waals surface area contributed by atoms with Gasteiger partial charge in [-0.15, -0.1) is 0 Å². The zero-order valence-electron chi connectivity index (χ0n) is 15.9. The lowest BCUT2D eigenvalue weighted by molar-refractivity contribution is -0.114. The maximum Gasteiger partial charge on any atom is 0.256 e. The smallest absolute Gasteiger partial charge is 0.256 e. The minimum Gasteiger partial charge on any atom is -0.317 e. The summed E-state index contributed by atoms with van der Waals surface area (Å²) in [5, 5.41) is 3.85. The Kier molecular flexibility index (Phi) is 4.86. The lowest BCUT2D eigenvalue weighted by Crippen LogP contribution is -2.16. The second-order valence-corrected chi connectivity index (χ2v) is 7.69. The van der Waals surface area contributed by atoms with Gasteiger partial charge in [0, 0.05) is 23.9 Å². The predicted octanol–water partition coefficient (Wildman–Crippen LogP) is 4.55. The van der Waals surface area contributed by atoms with Crippen LogP contribution in [0.25, 0.3) is 15.9 Å². The number of nitrogens with zero attached hydrogens (tertiary/aromatic N) is 1. The number of rotatable bonds is 4. The number of aryl methyl sites for hydroxylation is 1. The molecule has 144 valence electrons. The van der Waals surface area contributed by atoms with Crippen LogP contribution in [-0.2, 0) is 4.79 Å². The van der Waals surface area contributed by atoms with Crippen molar-refractivity contribution in [2.45, 2.75) is 13.8 Å². The number of benzene rings is 2. The molecule has 2 aromatic carbocycles. The minimum absolute atomic E-state index is 0.184. The van der Waals surface area contributed by atoms with Gasteiger partial charge in [0.2, 0.25) is 5.91 Å². The van der Waals surface area contributed by atoms with E-state index in [0.29, 0.717) is 32.0 Å². The Labute approximate surface area is 171 Å². The van der Waals surface area contributed by atoms with Crippen molar-refractivity contribution in [3.8, 4) is 5.69 Å². The molecule has 0 radical (unpaired) electrons. The number of aromatic nitrogens is 1. The first-order valence-electron chi connectivity index (χ1n) is 9.09. The summed E-state index contributed by atoms with van der Waals surface area (Å²) in [5.74, 6) is -0.458. The minimum atomic E-state index is -0.274.